The third-order valence-corrected chi connectivity index (χ3v) is 3.48. The molecule has 1 N–H and O–H groups in total. The van der Waals surface area contributed by atoms with Crippen LogP contribution in [0.3, 0.4) is 0 Å². The van der Waals surface area contributed by atoms with Gasteiger partial charge in [-0.05, 0) is 0 Å². The number of aliphatic hydroxyl groups is 1. The summed E-state index contributed by atoms with van der Waals surface area (Å²) in [6.45, 7) is 2.29. The van der Waals surface area contributed by atoms with Crippen LogP contribution in [0.2, 0.25) is 0 Å². The van der Waals surface area contributed by atoms with Crippen LogP contribution in [-0.4, -0.2) is 42.6 Å². The van der Waals surface area contributed by atoms with Crippen molar-refractivity contribution >= 4 is 16.5 Å². The molecule has 1 saturated heterocycles. The predicted octanol–water partition coefficient (Wildman–Crippen LogP) is 1.58. The van der Waals surface area contributed by atoms with Gasteiger partial charge in [-0.15, -0.1) is 0 Å². The second-order valence-corrected chi connectivity index (χ2v) is 4.63. The Kier molecular flexibility index (Phi) is 3.55. The number of rotatable bonds is 2. The van der Waals surface area contributed by atoms with Crippen LogP contribution in [0.5, 0.6) is 0 Å². The number of morpholine rings is 1. The second-order valence-electron chi connectivity index (χ2n) is 3.59. The number of aromatic nitrogens is 1. The van der Waals surface area contributed by atoms with Gasteiger partial charge < -0.3 is 14.7 Å². The number of aliphatic hydroxyl groups excluding tert-OH is 1. The van der Waals surface area contributed by atoms with E-state index >= 15 is 0 Å². The van der Waals surface area contributed by atoms with Crippen molar-refractivity contribution < 1.29 is 23.0 Å². The van der Waals surface area contributed by atoms with E-state index in [4.69, 9.17) is 9.84 Å². The van der Waals surface area contributed by atoms with E-state index in [1.807, 2.05) is 4.90 Å². The van der Waals surface area contributed by atoms with E-state index in [1.165, 1.54) is 0 Å². The number of halogens is 3. The molecule has 1 atom stereocenters. The highest BCUT2D eigenvalue weighted by Crippen LogP contribution is 2.37. The fourth-order valence-electron chi connectivity index (χ4n) is 1.47. The van der Waals surface area contributed by atoms with Gasteiger partial charge in [-0.2, -0.15) is 13.2 Å². The minimum Gasteiger partial charge on any atom is -0.379 e. The Bertz CT molecular complexity index is 377. The van der Waals surface area contributed by atoms with E-state index in [9.17, 15) is 13.2 Å². The molecule has 1 fully saturated rings. The first-order valence-electron chi connectivity index (χ1n) is 5.01. The van der Waals surface area contributed by atoms with Gasteiger partial charge in [-0.3, -0.25) is 0 Å². The van der Waals surface area contributed by atoms with Crippen molar-refractivity contribution in [1.29, 1.82) is 0 Å². The smallest absolute Gasteiger partial charge is 0.379 e. The number of ether oxygens (including phenoxy) is 1. The molecule has 17 heavy (non-hydrogen) atoms. The maximum absolute atomic E-state index is 12.3. The third-order valence-electron chi connectivity index (χ3n) is 2.37. The number of thiazole rings is 1. The molecule has 1 aliphatic heterocycles. The van der Waals surface area contributed by atoms with Gasteiger partial charge >= 0.3 is 6.18 Å². The average Bonchev–Trinajstić information content (AvgIpc) is 2.77. The highest BCUT2D eigenvalue weighted by molar-refractivity contribution is 7.15. The molecule has 4 nitrogen and oxygen atoms in total. The van der Waals surface area contributed by atoms with E-state index in [-0.39, 0.29) is 4.88 Å². The van der Waals surface area contributed by atoms with Crippen LogP contribution in [0.15, 0.2) is 6.20 Å². The van der Waals surface area contributed by atoms with Crippen LogP contribution in [0.25, 0.3) is 0 Å². The molecular formula is C9H11F3N2O2S. The summed E-state index contributed by atoms with van der Waals surface area (Å²) in [5, 5.41) is 9.56. The predicted molar refractivity (Wildman–Crippen MR) is 56.2 cm³/mol. The topological polar surface area (TPSA) is 45.6 Å². The summed E-state index contributed by atoms with van der Waals surface area (Å²) in [5.41, 5.74) is 0. The molecule has 1 aromatic rings. The zero-order valence-corrected chi connectivity index (χ0v) is 9.59. The number of nitrogens with zero attached hydrogens (tertiary/aromatic N) is 2. The summed E-state index contributed by atoms with van der Waals surface area (Å²) >= 11 is 0.864. The summed E-state index contributed by atoms with van der Waals surface area (Å²) in [4.78, 5) is 5.57. The summed E-state index contributed by atoms with van der Waals surface area (Å²) in [6, 6.07) is 0. The zero-order chi connectivity index (χ0) is 12.5. The maximum Gasteiger partial charge on any atom is 0.419 e. The summed E-state index contributed by atoms with van der Waals surface area (Å²) in [5.74, 6) is 0. The molecule has 0 radical (unpaired) electrons. The highest BCUT2D eigenvalue weighted by Gasteiger charge is 2.40. The zero-order valence-electron chi connectivity index (χ0n) is 8.78. The van der Waals surface area contributed by atoms with Crippen molar-refractivity contribution in [2.24, 2.45) is 0 Å². The van der Waals surface area contributed by atoms with Crippen molar-refractivity contribution in [1.82, 2.24) is 4.98 Å². The van der Waals surface area contributed by atoms with Crippen LogP contribution >= 0.6 is 11.3 Å². The van der Waals surface area contributed by atoms with Gasteiger partial charge in [0.2, 0.25) is 0 Å². The highest BCUT2D eigenvalue weighted by atomic mass is 32.1. The third kappa shape index (κ3) is 2.88. The minimum atomic E-state index is -4.64. The summed E-state index contributed by atoms with van der Waals surface area (Å²) < 4.78 is 42.0. The second kappa shape index (κ2) is 4.79. The Hall–Kier alpha value is -0.860. The lowest BCUT2D eigenvalue weighted by Crippen LogP contribution is -2.36. The van der Waals surface area contributed by atoms with Gasteiger partial charge in [0.1, 0.15) is 0 Å². The standard InChI is InChI=1S/C9H11F3N2O2S/c10-9(11,12)7(15)6-5-13-8(17-6)14-1-3-16-4-2-14/h5,7,15H,1-4H2. The van der Waals surface area contributed by atoms with Crippen LogP contribution < -0.4 is 4.90 Å². The van der Waals surface area contributed by atoms with Gasteiger partial charge in [0.15, 0.2) is 11.2 Å². The molecule has 2 rings (SSSR count). The molecule has 0 aromatic carbocycles. The lowest BCUT2D eigenvalue weighted by Gasteiger charge is -2.26. The fraction of sp³-hybridized carbons (Fsp3) is 0.667. The SMILES string of the molecule is OC(c1cnc(N2CCOCC2)s1)C(F)(F)F. The Labute approximate surface area is 99.6 Å². The average molecular weight is 268 g/mol. The Morgan fingerprint density at radius 3 is 2.65 bits per heavy atom. The van der Waals surface area contributed by atoms with Crippen molar-refractivity contribution in [2.45, 2.75) is 12.3 Å². The number of anilines is 1. The van der Waals surface area contributed by atoms with Crippen molar-refractivity contribution in [3.8, 4) is 0 Å². The van der Waals surface area contributed by atoms with Gasteiger partial charge in [-0.1, -0.05) is 11.3 Å². The van der Waals surface area contributed by atoms with E-state index in [2.05, 4.69) is 4.98 Å². The summed E-state index contributed by atoms with van der Waals surface area (Å²) in [6.07, 6.45) is -6.02. The van der Waals surface area contributed by atoms with Gasteiger partial charge in [0, 0.05) is 19.3 Å². The molecule has 1 aromatic heterocycles. The van der Waals surface area contributed by atoms with E-state index in [1.54, 1.807) is 0 Å². The number of alkyl halides is 3. The Balaban J connectivity index is 2.10. The largest absolute Gasteiger partial charge is 0.419 e. The lowest BCUT2D eigenvalue weighted by atomic mass is 10.3. The molecule has 8 heteroatoms. The lowest BCUT2D eigenvalue weighted by molar-refractivity contribution is -0.205. The molecule has 0 bridgehead atoms. The molecule has 1 unspecified atom stereocenters. The molecule has 0 amide bonds. The van der Waals surface area contributed by atoms with Crippen molar-refractivity contribution in [3.63, 3.8) is 0 Å². The minimum absolute atomic E-state index is 0.181. The van der Waals surface area contributed by atoms with Crippen molar-refractivity contribution in [3.05, 3.63) is 11.1 Å². The number of hydrogen-bond donors (Lipinski definition) is 1. The van der Waals surface area contributed by atoms with Crippen LogP contribution in [-0.2, 0) is 4.74 Å². The van der Waals surface area contributed by atoms with Crippen molar-refractivity contribution in [2.75, 3.05) is 31.2 Å². The van der Waals surface area contributed by atoms with Crippen LogP contribution in [0.4, 0.5) is 18.3 Å². The molecule has 0 aliphatic carbocycles. The monoisotopic (exact) mass is 268 g/mol. The fourth-order valence-corrected chi connectivity index (χ4v) is 2.44. The van der Waals surface area contributed by atoms with Gasteiger partial charge in [0.25, 0.3) is 0 Å². The van der Waals surface area contributed by atoms with Crippen LogP contribution in [0, 0.1) is 0 Å². The first-order valence-corrected chi connectivity index (χ1v) is 5.83. The van der Waals surface area contributed by atoms with Gasteiger partial charge in [-0.25, -0.2) is 4.98 Å². The normalized spacial score (nSPS) is 19.4. The van der Waals surface area contributed by atoms with E-state index in [0.29, 0.717) is 31.4 Å². The first kappa shape index (κ1) is 12.6. The van der Waals surface area contributed by atoms with E-state index in [0.717, 1.165) is 17.5 Å². The van der Waals surface area contributed by atoms with Crippen LogP contribution in [0.1, 0.15) is 11.0 Å². The maximum atomic E-state index is 12.3. The number of hydrogen-bond acceptors (Lipinski definition) is 5. The molecule has 0 spiro atoms. The molecular weight excluding hydrogens is 257 g/mol. The first-order chi connectivity index (χ1) is 7.98. The molecule has 2 heterocycles. The molecule has 1 aliphatic rings. The van der Waals surface area contributed by atoms with E-state index < -0.39 is 12.3 Å². The quantitative estimate of drug-likeness (QED) is 0.884. The molecule has 0 saturated carbocycles. The van der Waals surface area contributed by atoms with Gasteiger partial charge in [0.05, 0.1) is 18.1 Å². The molecule has 96 valence electrons. The Morgan fingerprint density at radius 2 is 2.06 bits per heavy atom. The summed E-state index contributed by atoms with van der Waals surface area (Å²) in [7, 11) is 0. The Morgan fingerprint density at radius 1 is 1.41 bits per heavy atom.